The van der Waals surface area contributed by atoms with Gasteiger partial charge in [-0.15, -0.1) is 0 Å². The lowest BCUT2D eigenvalue weighted by atomic mass is 10.2. The predicted molar refractivity (Wildman–Crippen MR) is 116 cm³/mol. The molecule has 0 bridgehead atoms. The lowest BCUT2D eigenvalue weighted by Crippen LogP contribution is -2.50. The van der Waals surface area contributed by atoms with E-state index < -0.39 is 0 Å². The van der Waals surface area contributed by atoms with Crippen molar-refractivity contribution in [3.8, 4) is 11.4 Å². The highest BCUT2D eigenvalue weighted by atomic mass is 16.2. The van der Waals surface area contributed by atoms with Gasteiger partial charge >= 0.3 is 6.03 Å². The van der Waals surface area contributed by atoms with Gasteiger partial charge in [-0.2, -0.15) is 0 Å². The van der Waals surface area contributed by atoms with Crippen LogP contribution in [0, 0.1) is 6.92 Å². The molecule has 1 aromatic heterocycles. The van der Waals surface area contributed by atoms with E-state index in [-0.39, 0.29) is 6.03 Å². The molecule has 0 radical (unpaired) electrons. The van der Waals surface area contributed by atoms with Crippen molar-refractivity contribution in [2.75, 3.05) is 38.0 Å². The number of aryl methyl sites for hydroxylation is 1. The molecule has 0 atom stereocenters. The van der Waals surface area contributed by atoms with E-state index in [1.165, 1.54) is 5.56 Å². The van der Waals surface area contributed by atoms with E-state index in [4.69, 9.17) is 0 Å². The maximum absolute atomic E-state index is 12.5. The van der Waals surface area contributed by atoms with Crippen molar-refractivity contribution in [3.63, 3.8) is 0 Å². The fraction of sp³-hybridized carbons (Fsp3) is 0.304. The Morgan fingerprint density at radius 2 is 1.69 bits per heavy atom. The molecule has 1 aliphatic rings. The number of anilines is 1. The third-order valence-corrected chi connectivity index (χ3v) is 5.37. The highest BCUT2D eigenvalue weighted by molar-refractivity contribution is 5.89. The van der Waals surface area contributed by atoms with Gasteiger partial charge in [-0.1, -0.05) is 48.0 Å². The van der Waals surface area contributed by atoms with Crippen LogP contribution in [0.15, 0.2) is 67.0 Å². The molecule has 6 nitrogen and oxygen atoms in total. The lowest BCUT2D eigenvalue weighted by molar-refractivity contribution is 0.144. The predicted octanol–water partition coefficient (Wildman–Crippen LogP) is 3.71. The molecule has 4 rings (SSSR count). The summed E-state index contributed by atoms with van der Waals surface area (Å²) in [6.45, 7) is 7.13. The molecule has 1 aliphatic heterocycles. The molecule has 2 heterocycles. The Balaban J connectivity index is 1.26. The van der Waals surface area contributed by atoms with E-state index in [0.29, 0.717) is 0 Å². The number of benzene rings is 2. The second-order valence-corrected chi connectivity index (χ2v) is 7.44. The number of hydrogen-bond donors (Lipinski definition) is 1. The molecule has 0 unspecified atom stereocenters. The lowest BCUT2D eigenvalue weighted by Gasteiger charge is -2.34. The molecule has 1 N–H and O–H groups in total. The molecule has 0 saturated carbocycles. The number of carbonyl (C=O) groups excluding carboxylic acids is 1. The third-order valence-electron chi connectivity index (χ3n) is 5.37. The number of carbonyl (C=O) groups is 1. The van der Waals surface area contributed by atoms with Crippen LogP contribution in [-0.4, -0.2) is 58.1 Å². The van der Waals surface area contributed by atoms with E-state index >= 15 is 0 Å². The molecule has 1 saturated heterocycles. The van der Waals surface area contributed by atoms with E-state index in [1.807, 2.05) is 66.7 Å². The molecule has 0 spiro atoms. The molecular formula is C23H27N5O. The summed E-state index contributed by atoms with van der Waals surface area (Å²) in [7, 11) is 0. The largest absolute Gasteiger partial charge is 0.330 e. The zero-order valence-electron chi connectivity index (χ0n) is 16.8. The molecule has 3 aromatic rings. The number of nitrogens with zero attached hydrogens (tertiary/aromatic N) is 4. The van der Waals surface area contributed by atoms with Gasteiger partial charge in [0.25, 0.3) is 0 Å². The average Bonchev–Trinajstić information content (AvgIpc) is 3.23. The summed E-state index contributed by atoms with van der Waals surface area (Å²) in [5, 5.41) is 2.99. The topological polar surface area (TPSA) is 53.4 Å². The van der Waals surface area contributed by atoms with Gasteiger partial charge in [0.05, 0.1) is 0 Å². The zero-order chi connectivity index (χ0) is 20.1. The number of amides is 2. The van der Waals surface area contributed by atoms with Crippen molar-refractivity contribution in [3.05, 3.63) is 72.6 Å². The number of hydrogen-bond acceptors (Lipinski definition) is 3. The van der Waals surface area contributed by atoms with Crippen molar-refractivity contribution in [1.29, 1.82) is 0 Å². The highest BCUT2D eigenvalue weighted by Crippen LogP contribution is 2.17. The van der Waals surface area contributed by atoms with Crippen molar-refractivity contribution < 1.29 is 4.79 Å². The van der Waals surface area contributed by atoms with Crippen LogP contribution in [0.5, 0.6) is 0 Å². The van der Waals surface area contributed by atoms with Crippen molar-refractivity contribution in [2.45, 2.75) is 13.5 Å². The normalized spacial score (nSPS) is 14.7. The first kappa shape index (κ1) is 19.2. The van der Waals surface area contributed by atoms with Gasteiger partial charge in [0.2, 0.25) is 0 Å². The molecule has 1 fully saturated rings. The van der Waals surface area contributed by atoms with Crippen LogP contribution in [-0.2, 0) is 6.54 Å². The number of piperazine rings is 1. The molecule has 150 valence electrons. The van der Waals surface area contributed by atoms with Crippen LogP contribution in [0.3, 0.4) is 0 Å². The van der Waals surface area contributed by atoms with Crippen LogP contribution in [0.25, 0.3) is 11.4 Å². The Kier molecular flexibility index (Phi) is 5.91. The van der Waals surface area contributed by atoms with E-state index in [0.717, 1.165) is 56.3 Å². The van der Waals surface area contributed by atoms with Crippen molar-refractivity contribution >= 4 is 11.7 Å². The fourth-order valence-electron chi connectivity index (χ4n) is 3.60. The zero-order valence-corrected chi connectivity index (χ0v) is 16.8. The molecular weight excluding hydrogens is 362 g/mol. The molecule has 2 amide bonds. The number of urea groups is 1. The second kappa shape index (κ2) is 8.92. The van der Waals surface area contributed by atoms with Crippen LogP contribution in [0.1, 0.15) is 5.56 Å². The smallest absolute Gasteiger partial charge is 0.321 e. The first-order chi connectivity index (χ1) is 14.2. The summed E-state index contributed by atoms with van der Waals surface area (Å²) in [5.74, 6) is 1.00. The first-order valence-corrected chi connectivity index (χ1v) is 10.1. The minimum Gasteiger partial charge on any atom is -0.330 e. The summed E-state index contributed by atoms with van der Waals surface area (Å²) in [6.07, 6.45) is 3.89. The Bertz CT molecular complexity index is 927. The van der Waals surface area contributed by atoms with Gasteiger partial charge in [0.1, 0.15) is 5.82 Å². The summed E-state index contributed by atoms with van der Waals surface area (Å²) in [4.78, 5) is 21.3. The Morgan fingerprint density at radius 3 is 2.41 bits per heavy atom. The quantitative estimate of drug-likeness (QED) is 0.724. The Hall–Kier alpha value is -3.12. The van der Waals surface area contributed by atoms with Gasteiger partial charge in [-0.05, 0) is 19.1 Å². The third kappa shape index (κ3) is 4.84. The van der Waals surface area contributed by atoms with Gasteiger partial charge in [-0.25, -0.2) is 9.78 Å². The van der Waals surface area contributed by atoms with Gasteiger partial charge in [0.15, 0.2) is 0 Å². The Morgan fingerprint density at radius 1 is 0.966 bits per heavy atom. The maximum Gasteiger partial charge on any atom is 0.321 e. The summed E-state index contributed by atoms with van der Waals surface area (Å²) in [6, 6.07) is 18.2. The summed E-state index contributed by atoms with van der Waals surface area (Å²) >= 11 is 0. The van der Waals surface area contributed by atoms with Crippen LogP contribution in [0.4, 0.5) is 10.5 Å². The highest BCUT2D eigenvalue weighted by Gasteiger charge is 2.21. The van der Waals surface area contributed by atoms with Crippen molar-refractivity contribution in [2.24, 2.45) is 0 Å². The van der Waals surface area contributed by atoms with E-state index in [2.05, 4.69) is 31.9 Å². The Labute approximate surface area is 171 Å². The van der Waals surface area contributed by atoms with Gasteiger partial charge < -0.3 is 14.8 Å². The van der Waals surface area contributed by atoms with E-state index in [1.54, 1.807) is 0 Å². The standard InChI is InChI=1S/C23H27N5O/c1-19-7-9-21(10-8-19)25-23(29)28-17-14-26(15-18-28)13-16-27-12-11-24-22(27)20-5-3-2-4-6-20/h2-12H,13-18H2,1H3,(H,25,29). The monoisotopic (exact) mass is 389 g/mol. The number of aromatic nitrogens is 2. The maximum atomic E-state index is 12.5. The summed E-state index contributed by atoms with van der Waals surface area (Å²) < 4.78 is 2.20. The number of imidazole rings is 1. The average molecular weight is 390 g/mol. The first-order valence-electron chi connectivity index (χ1n) is 10.1. The van der Waals surface area contributed by atoms with Gasteiger partial charge in [0, 0.05) is 62.9 Å². The fourth-order valence-corrected chi connectivity index (χ4v) is 3.60. The molecule has 0 aliphatic carbocycles. The minimum absolute atomic E-state index is 0.0190. The number of rotatable bonds is 5. The molecule has 6 heteroatoms. The van der Waals surface area contributed by atoms with E-state index in [9.17, 15) is 4.79 Å². The number of nitrogens with one attached hydrogen (secondary N) is 1. The van der Waals surface area contributed by atoms with Crippen LogP contribution < -0.4 is 5.32 Å². The SMILES string of the molecule is Cc1ccc(NC(=O)N2CCN(CCn3ccnc3-c3ccccc3)CC2)cc1. The van der Waals surface area contributed by atoms with Crippen molar-refractivity contribution in [1.82, 2.24) is 19.4 Å². The molecule has 29 heavy (non-hydrogen) atoms. The summed E-state index contributed by atoms with van der Waals surface area (Å²) in [5.41, 5.74) is 3.16. The minimum atomic E-state index is -0.0190. The van der Waals surface area contributed by atoms with Gasteiger partial charge in [-0.3, -0.25) is 4.90 Å². The van der Waals surface area contributed by atoms with Crippen LogP contribution in [0.2, 0.25) is 0 Å². The second-order valence-electron chi connectivity index (χ2n) is 7.44. The van der Waals surface area contributed by atoms with Crippen LogP contribution >= 0.6 is 0 Å². The molecule has 2 aromatic carbocycles.